The van der Waals surface area contributed by atoms with Crippen LogP contribution in [-0.4, -0.2) is 32.2 Å². The highest BCUT2D eigenvalue weighted by atomic mass is 32.1. The van der Waals surface area contributed by atoms with Crippen molar-refractivity contribution in [1.29, 1.82) is 0 Å². The van der Waals surface area contributed by atoms with Crippen LogP contribution >= 0.6 is 11.3 Å². The Morgan fingerprint density at radius 1 is 1.26 bits per heavy atom. The lowest BCUT2D eigenvalue weighted by Crippen LogP contribution is -2.34. The number of rotatable bonds is 3. The number of thiophene rings is 1. The summed E-state index contributed by atoms with van der Waals surface area (Å²) in [6, 6.07) is 2.09. The average molecular weight is 382 g/mol. The van der Waals surface area contributed by atoms with Gasteiger partial charge in [-0.15, -0.1) is 11.3 Å². The van der Waals surface area contributed by atoms with Crippen LogP contribution in [0.2, 0.25) is 0 Å². The molecule has 3 aromatic rings. The summed E-state index contributed by atoms with van der Waals surface area (Å²) in [5.41, 5.74) is 3.54. The lowest BCUT2D eigenvalue weighted by Gasteiger charge is -2.29. The minimum absolute atomic E-state index is 0.0341. The molecule has 8 heteroatoms. The fourth-order valence-electron chi connectivity index (χ4n) is 4.12. The molecule has 4 heterocycles. The Bertz CT molecular complexity index is 1020. The van der Waals surface area contributed by atoms with Gasteiger partial charge in [-0.2, -0.15) is 5.10 Å². The fraction of sp³-hybridized carbons (Fsp3) is 0.474. The number of carbonyl (C=O) groups is 1. The molecule has 0 atom stereocenters. The second kappa shape index (κ2) is 6.60. The van der Waals surface area contributed by atoms with Gasteiger partial charge in [0.15, 0.2) is 0 Å². The second-order valence-electron chi connectivity index (χ2n) is 7.27. The quantitative estimate of drug-likeness (QED) is 0.753. The van der Waals surface area contributed by atoms with Gasteiger partial charge >= 0.3 is 0 Å². The summed E-state index contributed by atoms with van der Waals surface area (Å²) in [6.45, 7) is 4.49. The number of aromatic nitrogens is 4. The highest BCUT2D eigenvalue weighted by Gasteiger charge is 2.25. The highest BCUT2D eigenvalue weighted by Crippen LogP contribution is 2.39. The Balaban J connectivity index is 1.46. The van der Waals surface area contributed by atoms with E-state index in [4.69, 9.17) is 0 Å². The van der Waals surface area contributed by atoms with Crippen molar-refractivity contribution < 1.29 is 4.79 Å². The molecule has 140 valence electrons. The average Bonchev–Trinajstić information content (AvgIpc) is 3.26. The van der Waals surface area contributed by atoms with Crippen LogP contribution in [0.25, 0.3) is 10.2 Å². The van der Waals surface area contributed by atoms with Crippen LogP contribution in [-0.2, 0) is 37.3 Å². The number of hydrogen-bond acceptors (Lipinski definition) is 6. The van der Waals surface area contributed by atoms with Crippen LogP contribution in [0.3, 0.4) is 0 Å². The number of nitrogens with one attached hydrogen (secondary N) is 1. The predicted molar refractivity (Wildman–Crippen MR) is 105 cm³/mol. The van der Waals surface area contributed by atoms with E-state index in [1.165, 1.54) is 42.0 Å². The number of anilines is 1. The molecule has 3 aromatic heterocycles. The third-order valence-electron chi connectivity index (χ3n) is 5.40. The Labute approximate surface area is 161 Å². The number of hydrogen-bond donors (Lipinski definition) is 1. The molecule has 0 fully saturated rings. The monoisotopic (exact) mass is 382 g/mol. The van der Waals surface area contributed by atoms with E-state index in [0.29, 0.717) is 6.54 Å². The molecule has 1 aliphatic carbocycles. The van der Waals surface area contributed by atoms with Crippen LogP contribution in [0, 0.1) is 0 Å². The molecule has 1 N–H and O–H groups in total. The molecule has 0 saturated carbocycles. The van der Waals surface area contributed by atoms with Crippen molar-refractivity contribution in [2.45, 2.75) is 52.2 Å². The topological polar surface area (TPSA) is 75.9 Å². The van der Waals surface area contributed by atoms with Crippen molar-refractivity contribution in [2.24, 2.45) is 0 Å². The molecule has 0 bridgehead atoms. The minimum Gasteiger partial charge on any atom is -0.351 e. The summed E-state index contributed by atoms with van der Waals surface area (Å²) >= 11 is 1.84. The maximum atomic E-state index is 11.1. The summed E-state index contributed by atoms with van der Waals surface area (Å²) in [6.07, 6.45) is 6.56. The van der Waals surface area contributed by atoms with E-state index >= 15 is 0 Å². The standard InChI is InChI=1S/C19H22N6OS/c1-12(26)20-9-13-8-14-10-24(6-7-25(14)23-13)18-17-15-4-2-3-5-16(15)27-19(17)22-11-21-18/h8,11H,2-7,9-10H2,1H3,(H,20,26). The van der Waals surface area contributed by atoms with Gasteiger partial charge in [-0.3, -0.25) is 9.48 Å². The van der Waals surface area contributed by atoms with Gasteiger partial charge in [-0.25, -0.2) is 9.97 Å². The van der Waals surface area contributed by atoms with Gasteiger partial charge in [-0.05, 0) is 37.3 Å². The third kappa shape index (κ3) is 2.97. The molecule has 7 nitrogen and oxygen atoms in total. The largest absolute Gasteiger partial charge is 0.351 e. The molecule has 0 aromatic carbocycles. The molecular weight excluding hydrogens is 360 g/mol. The molecular formula is C19H22N6OS. The normalized spacial score (nSPS) is 16.3. The summed E-state index contributed by atoms with van der Waals surface area (Å²) in [7, 11) is 0. The highest BCUT2D eigenvalue weighted by molar-refractivity contribution is 7.19. The first kappa shape index (κ1) is 16.7. The van der Waals surface area contributed by atoms with Gasteiger partial charge in [0.2, 0.25) is 5.91 Å². The number of nitrogens with zero attached hydrogens (tertiary/aromatic N) is 5. The van der Waals surface area contributed by atoms with Gasteiger partial charge in [-0.1, -0.05) is 0 Å². The van der Waals surface area contributed by atoms with Crippen molar-refractivity contribution in [1.82, 2.24) is 25.1 Å². The summed E-state index contributed by atoms with van der Waals surface area (Å²) in [5, 5.41) is 8.71. The zero-order valence-electron chi connectivity index (χ0n) is 15.4. The molecule has 0 unspecified atom stereocenters. The lowest BCUT2D eigenvalue weighted by atomic mass is 9.97. The maximum Gasteiger partial charge on any atom is 0.217 e. The van der Waals surface area contributed by atoms with Gasteiger partial charge in [0.05, 0.1) is 36.4 Å². The predicted octanol–water partition coefficient (Wildman–Crippen LogP) is 2.42. The SMILES string of the molecule is CC(=O)NCc1cc2n(n1)CCN(c1ncnc3sc4c(c13)CCCC4)C2. The van der Waals surface area contributed by atoms with E-state index in [0.717, 1.165) is 48.1 Å². The van der Waals surface area contributed by atoms with E-state index < -0.39 is 0 Å². The summed E-state index contributed by atoms with van der Waals surface area (Å²) in [4.78, 5) is 25.4. The van der Waals surface area contributed by atoms with Crippen molar-refractivity contribution >= 4 is 33.3 Å². The number of aryl methyl sites for hydroxylation is 2. The Hall–Kier alpha value is -2.48. The minimum atomic E-state index is -0.0341. The van der Waals surface area contributed by atoms with Crippen molar-refractivity contribution in [3.63, 3.8) is 0 Å². The number of carbonyl (C=O) groups excluding carboxylic acids is 1. The van der Waals surface area contributed by atoms with Gasteiger partial charge in [0.25, 0.3) is 0 Å². The van der Waals surface area contributed by atoms with E-state index in [9.17, 15) is 4.79 Å². The first-order chi connectivity index (χ1) is 13.2. The molecule has 0 spiro atoms. The van der Waals surface area contributed by atoms with Crippen LogP contribution in [0.1, 0.15) is 41.6 Å². The lowest BCUT2D eigenvalue weighted by molar-refractivity contribution is -0.119. The first-order valence-electron chi connectivity index (χ1n) is 9.49. The molecule has 1 aliphatic heterocycles. The molecule has 0 radical (unpaired) electrons. The Morgan fingerprint density at radius 3 is 3.04 bits per heavy atom. The van der Waals surface area contributed by atoms with E-state index in [-0.39, 0.29) is 5.91 Å². The first-order valence-corrected chi connectivity index (χ1v) is 10.3. The van der Waals surface area contributed by atoms with Crippen LogP contribution in [0.15, 0.2) is 12.4 Å². The fourth-order valence-corrected chi connectivity index (χ4v) is 5.34. The van der Waals surface area contributed by atoms with E-state index in [1.807, 2.05) is 11.3 Å². The molecule has 5 rings (SSSR count). The van der Waals surface area contributed by atoms with Crippen LogP contribution in [0.5, 0.6) is 0 Å². The van der Waals surface area contributed by atoms with E-state index in [2.05, 4.69) is 36.0 Å². The maximum absolute atomic E-state index is 11.1. The Morgan fingerprint density at radius 2 is 2.15 bits per heavy atom. The van der Waals surface area contributed by atoms with E-state index in [1.54, 1.807) is 6.33 Å². The summed E-state index contributed by atoms with van der Waals surface area (Å²) < 4.78 is 2.05. The zero-order valence-corrected chi connectivity index (χ0v) is 16.2. The molecule has 0 saturated heterocycles. The second-order valence-corrected chi connectivity index (χ2v) is 8.35. The Kier molecular flexibility index (Phi) is 4.07. The number of fused-ring (bicyclic) bond motifs is 4. The molecule has 27 heavy (non-hydrogen) atoms. The van der Waals surface area contributed by atoms with Crippen molar-refractivity contribution in [3.05, 3.63) is 34.2 Å². The third-order valence-corrected chi connectivity index (χ3v) is 6.60. The smallest absolute Gasteiger partial charge is 0.217 e. The molecule has 1 amide bonds. The van der Waals surface area contributed by atoms with Gasteiger partial charge in [0.1, 0.15) is 17.0 Å². The van der Waals surface area contributed by atoms with Gasteiger partial charge in [0, 0.05) is 18.3 Å². The van der Waals surface area contributed by atoms with Gasteiger partial charge < -0.3 is 10.2 Å². The molecule has 2 aliphatic rings. The number of amides is 1. The van der Waals surface area contributed by atoms with Crippen molar-refractivity contribution in [2.75, 3.05) is 11.4 Å². The van der Waals surface area contributed by atoms with Crippen molar-refractivity contribution in [3.8, 4) is 0 Å². The summed E-state index contributed by atoms with van der Waals surface area (Å²) in [5.74, 6) is 1.03. The van der Waals surface area contributed by atoms with Crippen LogP contribution in [0.4, 0.5) is 5.82 Å². The van der Waals surface area contributed by atoms with Crippen LogP contribution < -0.4 is 10.2 Å². The zero-order chi connectivity index (χ0) is 18.4.